The standard InChI is InChI=1S/C11H21NO3/c1-9-4-12-5-11(15-9)7-14-8-13-6-10-2-3-10/h9-12H,2-8H2,1H3. The summed E-state index contributed by atoms with van der Waals surface area (Å²) < 4.78 is 16.5. The molecule has 2 unspecified atom stereocenters. The van der Waals surface area contributed by atoms with Crippen molar-refractivity contribution >= 4 is 0 Å². The van der Waals surface area contributed by atoms with E-state index in [-0.39, 0.29) is 6.10 Å². The number of hydrogen-bond acceptors (Lipinski definition) is 4. The summed E-state index contributed by atoms with van der Waals surface area (Å²) in [6.07, 6.45) is 3.12. The molecule has 15 heavy (non-hydrogen) atoms. The summed E-state index contributed by atoms with van der Waals surface area (Å²) in [7, 11) is 0. The molecule has 0 spiro atoms. The molecule has 4 nitrogen and oxygen atoms in total. The lowest BCUT2D eigenvalue weighted by Crippen LogP contribution is -2.45. The molecule has 1 N–H and O–H groups in total. The molecule has 0 aromatic carbocycles. The van der Waals surface area contributed by atoms with Gasteiger partial charge in [0.2, 0.25) is 0 Å². The predicted octanol–water partition coefficient (Wildman–Crippen LogP) is 0.764. The van der Waals surface area contributed by atoms with E-state index >= 15 is 0 Å². The summed E-state index contributed by atoms with van der Waals surface area (Å²) in [6.45, 7) is 5.79. The van der Waals surface area contributed by atoms with Gasteiger partial charge in [0.05, 0.1) is 25.4 Å². The third-order valence-corrected chi connectivity index (χ3v) is 2.75. The van der Waals surface area contributed by atoms with E-state index in [1.165, 1.54) is 12.8 Å². The second-order valence-electron chi connectivity index (χ2n) is 4.53. The van der Waals surface area contributed by atoms with Crippen molar-refractivity contribution in [2.75, 3.05) is 33.1 Å². The van der Waals surface area contributed by atoms with E-state index in [9.17, 15) is 0 Å². The molecule has 0 aromatic rings. The summed E-state index contributed by atoms with van der Waals surface area (Å²) in [5.41, 5.74) is 0. The number of nitrogens with one attached hydrogen (secondary N) is 1. The van der Waals surface area contributed by atoms with Gasteiger partial charge in [-0.25, -0.2) is 0 Å². The van der Waals surface area contributed by atoms with Crippen LogP contribution in [0.1, 0.15) is 19.8 Å². The molecule has 2 rings (SSSR count). The molecular formula is C11H21NO3. The van der Waals surface area contributed by atoms with Crippen molar-refractivity contribution in [2.45, 2.75) is 32.0 Å². The van der Waals surface area contributed by atoms with Gasteiger partial charge in [-0.05, 0) is 25.7 Å². The van der Waals surface area contributed by atoms with Crippen molar-refractivity contribution in [3.05, 3.63) is 0 Å². The van der Waals surface area contributed by atoms with Gasteiger partial charge in [-0.2, -0.15) is 0 Å². The highest BCUT2D eigenvalue weighted by atomic mass is 16.7. The maximum atomic E-state index is 5.68. The Hall–Kier alpha value is -0.160. The second kappa shape index (κ2) is 5.80. The van der Waals surface area contributed by atoms with Gasteiger partial charge in [0.25, 0.3) is 0 Å². The fraction of sp³-hybridized carbons (Fsp3) is 1.00. The van der Waals surface area contributed by atoms with Crippen LogP contribution in [0.5, 0.6) is 0 Å². The normalized spacial score (nSPS) is 31.8. The van der Waals surface area contributed by atoms with Gasteiger partial charge in [-0.3, -0.25) is 0 Å². The van der Waals surface area contributed by atoms with Crippen molar-refractivity contribution in [2.24, 2.45) is 5.92 Å². The molecule has 2 aliphatic rings. The summed E-state index contributed by atoms with van der Waals surface area (Å²) in [5.74, 6) is 0.807. The summed E-state index contributed by atoms with van der Waals surface area (Å²) in [5, 5.41) is 3.31. The fourth-order valence-corrected chi connectivity index (χ4v) is 1.71. The highest BCUT2D eigenvalue weighted by Gasteiger charge is 2.21. The first-order chi connectivity index (χ1) is 7.34. The third kappa shape index (κ3) is 4.47. The van der Waals surface area contributed by atoms with E-state index in [1.807, 2.05) is 0 Å². The minimum absolute atomic E-state index is 0.179. The van der Waals surface area contributed by atoms with Crippen LogP contribution < -0.4 is 5.32 Å². The van der Waals surface area contributed by atoms with Gasteiger partial charge in [-0.1, -0.05) is 0 Å². The molecule has 4 heteroatoms. The average Bonchev–Trinajstić information content (AvgIpc) is 3.01. The van der Waals surface area contributed by atoms with Crippen LogP contribution in [-0.4, -0.2) is 45.3 Å². The van der Waals surface area contributed by atoms with Crippen LogP contribution in [0.2, 0.25) is 0 Å². The molecule has 1 saturated carbocycles. The zero-order valence-electron chi connectivity index (χ0n) is 9.41. The number of hydrogen-bond donors (Lipinski definition) is 1. The fourth-order valence-electron chi connectivity index (χ4n) is 1.71. The Balaban J connectivity index is 1.45. The zero-order valence-corrected chi connectivity index (χ0v) is 9.41. The Bertz CT molecular complexity index is 185. The van der Waals surface area contributed by atoms with Crippen LogP contribution in [0.3, 0.4) is 0 Å². The van der Waals surface area contributed by atoms with Gasteiger partial charge in [-0.15, -0.1) is 0 Å². The van der Waals surface area contributed by atoms with Crippen molar-refractivity contribution < 1.29 is 14.2 Å². The Morgan fingerprint density at radius 3 is 2.73 bits per heavy atom. The molecular weight excluding hydrogens is 194 g/mol. The molecule has 2 atom stereocenters. The van der Waals surface area contributed by atoms with Gasteiger partial charge in [0.1, 0.15) is 6.79 Å². The van der Waals surface area contributed by atoms with Gasteiger partial charge in [0.15, 0.2) is 0 Å². The summed E-state index contributed by atoms with van der Waals surface area (Å²) in [6, 6.07) is 0. The lowest BCUT2D eigenvalue weighted by atomic mass is 10.2. The molecule has 1 heterocycles. The Morgan fingerprint density at radius 2 is 2.00 bits per heavy atom. The topological polar surface area (TPSA) is 39.7 Å². The molecule has 1 saturated heterocycles. The van der Waals surface area contributed by atoms with Crippen LogP contribution in [-0.2, 0) is 14.2 Å². The molecule has 88 valence electrons. The molecule has 0 amide bonds. The van der Waals surface area contributed by atoms with E-state index in [4.69, 9.17) is 14.2 Å². The van der Waals surface area contributed by atoms with Crippen molar-refractivity contribution in [3.8, 4) is 0 Å². The largest absolute Gasteiger partial charge is 0.370 e. The number of rotatable bonds is 6. The highest BCUT2D eigenvalue weighted by Crippen LogP contribution is 2.28. The minimum Gasteiger partial charge on any atom is -0.370 e. The molecule has 0 aromatic heterocycles. The summed E-state index contributed by atoms with van der Waals surface area (Å²) >= 11 is 0. The van der Waals surface area contributed by atoms with Crippen molar-refractivity contribution in [1.82, 2.24) is 5.32 Å². The molecule has 1 aliphatic carbocycles. The van der Waals surface area contributed by atoms with Crippen LogP contribution >= 0.6 is 0 Å². The van der Waals surface area contributed by atoms with E-state index in [1.54, 1.807) is 0 Å². The highest BCUT2D eigenvalue weighted by molar-refractivity contribution is 4.72. The minimum atomic E-state index is 0.179. The van der Waals surface area contributed by atoms with Crippen LogP contribution in [0.25, 0.3) is 0 Å². The Labute approximate surface area is 91.3 Å². The van der Waals surface area contributed by atoms with E-state index in [0.29, 0.717) is 19.5 Å². The Kier molecular flexibility index (Phi) is 4.38. The quantitative estimate of drug-likeness (QED) is 0.524. The lowest BCUT2D eigenvalue weighted by molar-refractivity contribution is -0.114. The monoisotopic (exact) mass is 215 g/mol. The zero-order chi connectivity index (χ0) is 10.5. The van der Waals surface area contributed by atoms with Gasteiger partial charge >= 0.3 is 0 Å². The summed E-state index contributed by atoms with van der Waals surface area (Å²) in [4.78, 5) is 0. The average molecular weight is 215 g/mol. The van der Waals surface area contributed by atoms with E-state index in [0.717, 1.165) is 25.6 Å². The second-order valence-corrected chi connectivity index (χ2v) is 4.53. The first kappa shape index (κ1) is 11.3. The third-order valence-electron chi connectivity index (χ3n) is 2.75. The Morgan fingerprint density at radius 1 is 1.20 bits per heavy atom. The van der Waals surface area contributed by atoms with Crippen LogP contribution in [0.4, 0.5) is 0 Å². The van der Waals surface area contributed by atoms with E-state index < -0.39 is 0 Å². The maximum absolute atomic E-state index is 5.68. The van der Waals surface area contributed by atoms with E-state index in [2.05, 4.69) is 12.2 Å². The van der Waals surface area contributed by atoms with Crippen LogP contribution in [0.15, 0.2) is 0 Å². The first-order valence-corrected chi connectivity index (χ1v) is 5.86. The van der Waals surface area contributed by atoms with Crippen molar-refractivity contribution in [1.29, 1.82) is 0 Å². The smallest absolute Gasteiger partial charge is 0.146 e. The molecule has 1 aliphatic heterocycles. The van der Waals surface area contributed by atoms with Gasteiger partial charge < -0.3 is 19.5 Å². The van der Waals surface area contributed by atoms with Crippen molar-refractivity contribution in [3.63, 3.8) is 0 Å². The molecule has 2 fully saturated rings. The lowest BCUT2D eigenvalue weighted by Gasteiger charge is -2.28. The molecule has 0 radical (unpaired) electrons. The van der Waals surface area contributed by atoms with Crippen LogP contribution in [0, 0.1) is 5.92 Å². The van der Waals surface area contributed by atoms with Gasteiger partial charge in [0, 0.05) is 13.1 Å². The number of ether oxygens (including phenoxy) is 3. The number of morpholine rings is 1. The molecule has 0 bridgehead atoms. The predicted molar refractivity (Wildman–Crippen MR) is 56.7 cm³/mol. The SMILES string of the molecule is CC1CNCC(COCOCC2CC2)O1. The first-order valence-electron chi connectivity index (χ1n) is 5.86. The maximum Gasteiger partial charge on any atom is 0.146 e.